The van der Waals surface area contributed by atoms with Crippen LogP contribution >= 0.6 is 0 Å². The van der Waals surface area contributed by atoms with Crippen LogP contribution in [0.15, 0.2) is 0 Å². The Morgan fingerprint density at radius 3 is 1.30 bits per heavy atom. The summed E-state index contributed by atoms with van der Waals surface area (Å²) >= 11 is 0. The summed E-state index contributed by atoms with van der Waals surface area (Å²) in [5.41, 5.74) is 0. The molecule has 0 heterocycles. The fourth-order valence-electron chi connectivity index (χ4n) is 4.84. The first kappa shape index (κ1) is 35.9. The van der Waals surface area contributed by atoms with Crippen molar-refractivity contribution in [2.75, 3.05) is 13.2 Å². The molecule has 0 spiro atoms. The number of nitrogens with one attached hydrogen (secondary N) is 1. The van der Waals surface area contributed by atoms with Crippen LogP contribution in [-0.4, -0.2) is 36.2 Å². The van der Waals surface area contributed by atoms with Gasteiger partial charge < -0.3 is 15.2 Å². The molecule has 0 bridgehead atoms. The number of esters is 1. The predicted molar refractivity (Wildman–Crippen MR) is 157 cm³/mol. The summed E-state index contributed by atoms with van der Waals surface area (Å²) in [4.78, 5) is 23.5. The van der Waals surface area contributed by atoms with Crippen LogP contribution in [0.2, 0.25) is 0 Å². The summed E-state index contributed by atoms with van der Waals surface area (Å²) in [6.45, 7) is 5.54. The summed E-state index contributed by atoms with van der Waals surface area (Å²) in [5, 5.41) is 12.4. The Kier molecular flexibility index (Phi) is 28.6. The maximum Gasteiger partial charge on any atom is 0.321 e. The number of carboxylic acid groups (broad SMARTS) is 1. The highest BCUT2D eigenvalue weighted by molar-refractivity contribution is 5.81. The quantitative estimate of drug-likeness (QED) is 0.0721. The first-order valence-corrected chi connectivity index (χ1v) is 16.2. The fourth-order valence-corrected chi connectivity index (χ4v) is 4.84. The molecule has 0 saturated heterocycles. The molecule has 0 fully saturated rings. The lowest BCUT2D eigenvalue weighted by molar-refractivity contribution is -0.149. The number of carbonyl (C=O) groups is 2. The monoisotopic (exact) mass is 525 g/mol. The van der Waals surface area contributed by atoms with Crippen molar-refractivity contribution >= 4 is 11.9 Å². The molecular weight excluding hydrogens is 462 g/mol. The minimum atomic E-state index is -0.973. The molecule has 0 saturated carbocycles. The fraction of sp³-hybridized carbons (Fsp3) is 0.938. The van der Waals surface area contributed by atoms with E-state index in [4.69, 9.17) is 4.74 Å². The molecule has 1 atom stereocenters. The van der Waals surface area contributed by atoms with Gasteiger partial charge in [0.2, 0.25) is 0 Å². The van der Waals surface area contributed by atoms with Crippen molar-refractivity contribution in [3.05, 3.63) is 0 Å². The van der Waals surface area contributed by atoms with Crippen LogP contribution in [-0.2, 0) is 14.3 Å². The van der Waals surface area contributed by atoms with Crippen molar-refractivity contribution in [1.29, 1.82) is 0 Å². The van der Waals surface area contributed by atoms with Gasteiger partial charge in [0.05, 0.1) is 13.0 Å². The van der Waals surface area contributed by atoms with Crippen LogP contribution in [0.25, 0.3) is 0 Å². The number of carbonyl (C=O) groups excluding carboxylic acids is 1. The Labute approximate surface area is 230 Å². The van der Waals surface area contributed by atoms with E-state index in [9.17, 15) is 14.7 Å². The van der Waals surface area contributed by atoms with Crippen LogP contribution in [0.5, 0.6) is 0 Å². The third-order valence-corrected chi connectivity index (χ3v) is 7.35. The number of carboxylic acids is 1. The lowest BCUT2D eigenvalue weighted by Gasteiger charge is -2.14. The van der Waals surface area contributed by atoms with E-state index in [0.29, 0.717) is 13.2 Å². The molecule has 0 aliphatic carbocycles. The maximum atomic E-state index is 12.1. The summed E-state index contributed by atoms with van der Waals surface area (Å²) in [7, 11) is 0. The maximum absolute atomic E-state index is 12.1. The molecule has 5 heteroatoms. The Bertz CT molecular complexity index is 497. The first-order chi connectivity index (χ1) is 18.1. The van der Waals surface area contributed by atoms with Gasteiger partial charge in [-0.15, -0.1) is 0 Å². The van der Waals surface area contributed by atoms with E-state index in [1.807, 2.05) is 0 Å². The molecule has 2 N–H and O–H groups in total. The molecule has 37 heavy (non-hydrogen) atoms. The van der Waals surface area contributed by atoms with Gasteiger partial charge in [0, 0.05) is 0 Å². The molecule has 0 aromatic heterocycles. The zero-order valence-electron chi connectivity index (χ0n) is 24.8. The van der Waals surface area contributed by atoms with Gasteiger partial charge in [-0.3, -0.25) is 9.59 Å². The summed E-state index contributed by atoms with van der Waals surface area (Å²) < 4.78 is 5.29. The minimum absolute atomic E-state index is 0.0921. The van der Waals surface area contributed by atoms with Gasteiger partial charge in [-0.25, -0.2) is 0 Å². The van der Waals surface area contributed by atoms with Gasteiger partial charge in [0.1, 0.15) is 6.04 Å². The highest BCUT2D eigenvalue weighted by Crippen LogP contribution is 2.14. The van der Waals surface area contributed by atoms with Crippen LogP contribution in [0.1, 0.15) is 174 Å². The molecular formula is C32H63NO4. The van der Waals surface area contributed by atoms with Crippen molar-refractivity contribution in [1.82, 2.24) is 5.32 Å². The zero-order valence-corrected chi connectivity index (χ0v) is 24.8. The Balaban J connectivity index is 3.49. The van der Waals surface area contributed by atoms with Gasteiger partial charge in [-0.05, 0) is 19.4 Å². The van der Waals surface area contributed by atoms with Gasteiger partial charge in [0.15, 0.2) is 0 Å². The van der Waals surface area contributed by atoms with Crippen molar-refractivity contribution in [2.24, 2.45) is 0 Å². The molecule has 0 rings (SSSR count). The van der Waals surface area contributed by atoms with E-state index in [1.54, 1.807) is 0 Å². The van der Waals surface area contributed by atoms with Crippen LogP contribution < -0.4 is 5.32 Å². The lowest BCUT2D eigenvalue weighted by Crippen LogP contribution is -2.39. The topological polar surface area (TPSA) is 75.6 Å². The molecule has 0 amide bonds. The number of unbranched alkanes of at least 4 members (excludes halogenated alkanes) is 22. The molecule has 0 aromatic carbocycles. The highest BCUT2D eigenvalue weighted by Gasteiger charge is 2.21. The van der Waals surface area contributed by atoms with Crippen molar-refractivity contribution in [3.8, 4) is 0 Å². The van der Waals surface area contributed by atoms with Gasteiger partial charge in [-0.2, -0.15) is 0 Å². The van der Waals surface area contributed by atoms with Crippen LogP contribution in [0, 0.1) is 0 Å². The van der Waals surface area contributed by atoms with Gasteiger partial charge >= 0.3 is 11.9 Å². The number of hydrogen-bond acceptors (Lipinski definition) is 4. The van der Waals surface area contributed by atoms with Gasteiger partial charge in [-0.1, -0.05) is 155 Å². The predicted octanol–water partition coefficient (Wildman–Crippen LogP) is 9.36. The number of hydrogen-bond donors (Lipinski definition) is 2. The van der Waals surface area contributed by atoms with Gasteiger partial charge in [0.25, 0.3) is 0 Å². The Hall–Kier alpha value is -1.10. The molecule has 1 unspecified atom stereocenters. The van der Waals surface area contributed by atoms with E-state index in [1.165, 1.54) is 128 Å². The molecule has 220 valence electrons. The number of rotatable bonds is 30. The van der Waals surface area contributed by atoms with E-state index in [0.717, 1.165) is 25.7 Å². The zero-order chi connectivity index (χ0) is 27.2. The average molecular weight is 526 g/mol. The second kappa shape index (κ2) is 29.5. The minimum Gasteiger partial charge on any atom is -0.480 e. The van der Waals surface area contributed by atoms with Crippen LogP contribution in [0.4, 0.5) is 0 Å². The molecule has 5 nitrogen and oxygen atoms in total. The number of ether oxygens (including phenoxy) is 1. The van der Waals surface area contributed by atoms with E-state index >= 15 is 0 Å². The molecule has 0 aliphatic heterocycles. The van der Waals surface area contributed by atoms with Crippen LogP contribution in [0.3, 0.4) is 0 Å². The van der Waals surface area contributed by atoms with Crippen molar-refractivity contribution in [2.45, 2.75) is 180 Å². The second-order valence-electron chi connectivity index (χ2n) is 11.0. The standard InChI is InChI=1S/C32H63NO4/c1-3-5-7-9-11-13-14-15-16-17-18-19-20-22-24-26-28-37-31(34)29-30(32(35)36)33-27-25-23-21-12-10-8-6-4-2/h30,33H,3-29H2,1-2H3,(H,35,36). The Morgan fingerprint density at radius 2 is 0.919 bits per heavy atom. The lowest BCUT2D eigenvalue weighted by atomic mass is 10.0. The smallest absolute Gasteiger partial charge is 0.321 e. The molecule has 0 aromatic rings. The summed E-state index contributed by atoms with van der Waals surface area (Å²) in [6, 6.07) is -0.845. The second-order valence-corrected chi connectivity index (χ2v) is 11.0. The summed E-state index contributed by atoms with van der Waals surface area (Å²) in [6.07, 6.45) is 30.6. The SMILES string of the molecule is CCCCCCCCCCCCCCCCCCOC(=O)CC(NCCCCCCCCCC)C(=O)O. The van der Waals surface area contributed by atoms with E-state index < -0.39 is 18.0 Å². The third kappa shape index (κ3) is 27.7. The largest absolute Gasteiger partial charge is 0.480 e. The average Bonchev–Trinajstić information content (AvgIpc) is 2.88. The molecule has 0 radical (unpaired) electrons. The van der Waals surface area contributed by atoms with Crippen molar-refractivity contribution in [3.63, 3.8) is 0 Å². The van der Waals surface area contributed by atoms with E-state index in [2.05, 4.69) is 19.2 Å². The van der Waals surface area contributed by atoms with E-state index in [-0.39, 0.29) is 6.42 Å². The molecule has 0 aliphatic rings. The van der Waals surface area contributed by atoms with Crippen molar-refractivity contribution < 1.29 is 19.4 Å². The summed E-state index contributed by atoms with van der Waals surface area (Å²) in [5.74, 6) is -1.38. The third-order valence-electron chi connectivity index (χ3n) is 7.35. The first-order valence-electron chi connectivity index (χ1n) is 16.2. The normalized spacial score (nSPS) is 12.1. The highest BCUT2D eigenvalue weighted by atomic mass is 16.5. The number of aliphatic carboxylic acids is 1. The Morgan fingerprint density at radius 1 is 0.568 bits per heavy atom.